The van der Waals surface area contributed by atoms with Crippen molar-refractivity contribution in [1.82, 2.24) is 5.32 Å². The van der Waals surface area contributed by atoms with Crippen LogP contribution in [0.5, 0.6) is 0 Å². The second kappa shape index (κ2) is 3.83. The summed E-state index contributed by atoms with van der Waals surface area (Å²) in [5, 5.41) is 3.02. The van der Waals surface area contributed by atoms with Crippen molar-refractivity contribution in [2.75, 3.05) is 0 Å². The first-order valence-electron chi connectivity index (χ1n) is 3.33. The molecule has 0 aromatic carbocycles. The Balaban J connectivity index is 3.75. The zero-order valence-corrected chi connectivity index (χ0v) is 7.14. The lowest BCUT2D eigenvalue weighted by Crippen LogP contribution is -2.39. The van der Waals surface area contributed by atoms with Crippen molar-refractivity contribution in [3.05, 3.63) is 0 Å². The quantitative estimate of drug-likeness (QED) is 0.478. The Kier molecular flexibility index (Phi) is 3.78. The molecule has 53 valence electrons. The summed E-state index contributed by atoms with van der Waals surface area (Å²) in [5.41, 5.74) is 2.71. The van der Waals surface area contributed by atoms with Crippen LogP contribution in [0.2, 0.25) is 0 Å². The molecule has 0 saturated carbocycles. The van der Waals surface area contributed by atoms with Gasteiger partial charge in [-0.15, -0.1) is 0 Å². The Bertz CT molecular complexity index is 86.9. The van der Waals surface area contributed by atoms with Gasteiger partial charge in [-0.1, -0.05) is 26.1 Å². The van der Waals surface area contributed by atoms with Crippen LogP contribution in [0.4, 0.5) is 0 Å². The summed E-state index contributed by atoms with van der Waals surface area (Å²) in [4.78, 5) is 0. The van der Waals surface area contributed by atoms with Gasteiger partial charge in [0.1, 0.15) is 5.49 Å². The molecule has 0 atom stereocenters. The molecule has 0 unspecified atom stereocenters. The monoisotopic (exact) mass is 144 g/mol. The third-order valence-electron chi connectivity index (χ3n) is 1.91. The van der Waals surface area contributed by atoms with Gasteiger partial charge in [0.25, 0.3) is 0 Å². The van der Waals surface area contributed by atoms with Crippen molar-refractivity contribution in [1.29, 1.82) is 0 Å². The van der Waals surface area contributed by atoms with E-state index < -0.39 is 0 Å². The average Bonchev–Trinajstić information content (AvgIpc) is 1.89. The highest BCUT2D eigenvalue weighted by atomic mass is 32.1. The SMILES string of the molecule is CCC(C)(CC)N[C]=S. The van der Waals surface area contributed by atoms with Gasteiger partial charge in [0.05, 0.1) is 0 Å². The molecule has 2 heteroatoms. The summed E-state index contributed by atoms with van der Waals surface area (Å²) in [6, 6.07) is 0. The number of nitrogens with one attached hydrogen (secondary N) is 1. The number of thiocarbonyl (C=S) groups is 1. The second-order valence-corrected chi connectivity index (χ2v) is 2.70. The molecule has 1 N–H and O–H groups in total. The smallest absolute Gasteiger partial charge is 0.134 e. The molecule has 0 saturated heterocycles. The number of hydrogen-bond donors (Lipinski definition) is 1. The Labute approximate surface area is 62.8 Å². The van der Waals surface area contributed by atoms with Crippen molar-refractivity contribution in [3.63, 3.8) is 0 Å². The van der Waals surface area contributed by atoms with Crippen LogP contribution in [0, 0.1) is 0 Å². The number of rotatable bonds is 4. The van der Waals surface area contributed by atoms with Crippen LogP contribution in [0.3, 0.4) is 0 Å². The highest BCUT2D eigenvalue weighted by Gasteiger charge is 2.16. The fraction of sp³-hybridized carbons (Fsp3) is 0.857. The molecule has 0 aliphatic carbocycles. The van der Waals surface area contributed by atoms with Crippen LogP contribution in [0.1, 0.15) is 33.6 Å². The third-order valence-corrected chi connectivity index (χ3v) is 2.02. The first-order chi connectivity index (χ1) is 4.18. The molecule has 0 bridgehead atoms. The summed E-state index contributed by atoms with van der Waals surface area (Å²) < 4.78 is 0. The van der Waals surface area contributed by atoms with Gasteiger partial charge in [0.2, 0.25) is 0 Å². The van der Waals surface area contributed by atoms with E-state index in [9.17, 15) is 0 Å². The largest absolute Gasteiger partial charge is 0.369 e. The standard InChI is InChI=1S/C7H14NS/c1-4-7(3,5-2)8-6-9/h4-5H2,1-3H3,(H,8,9). The molecule has 0 heterocycles. The lowest BCUT2D eigenvalue weighted by molar-refractivity contribution is 0.395. The maximum atomic E-state index is 4.57. The van der Waals surface area contributed by atoms with E-state index in [1.807, 2.05) is 0 Å². The molecule has 0 amide bonds. The lowest BCUT2D eigenvalue weighted by Gasteiger charge is -2.25. The van der Waals surface area contributed by atoms with E-state index in [0.717, 1.165) is 12.8 Å². The summed E-state index contributed by atoms with van der Waals surface area (Å²) in [7, 11) is 0. The van der Waals surface area contributed by atoms with Crippen LogP contribution in [0.15, 0.2) is 0 Å². The molecule has 1 nitrogen and oxygen atoms in total. The van der Waals surface area contributed by atoms with Crippen LogP contribution in [0.25, 0.3) is 0 Å². The first kappa shape index (κ1) is 8.89. The van der Waals surface area contributed by atoms with Gasteiger partial charge in [-0.2, -0.15) is 0 Å². The van der Waals surface area contributed by atoms with Gasteiger partial charge in [0, 0.05) is 5.54 Å². The highest BCUT2D eigenvalue weighted by molar-refractivity contribution is 7.78. The van der Waals surface area contributed by atoms with Gasteiger partial charge in [0.15, 0.2) is 0 Å². The van der Waals surface area contributed by atoms with Crippen molar-refractivity contribution < 1.29 is 0 Å². The van der Waals surface area contributed by atoms with E-state index in [-0.39, 0.29) is 5.54 Å². The van der Waals surface area contributed by atoms with Crippen LogP contribution >= 0.6 is 12.2 Å². The molecule has 1 radical (unpaired) electrons. The Morgan fingerprint density at radius 3 is 2.00 bits per heavy atom. The van der Waals surface area contributed by atoms with Crippen molar-refractivity contribution in [2.24, 2.45) is 0 Å². The van der Waals surface area contributed by atoms with Crippen molar-refractivity contribution in [3.8, 4) is 0 Å². The first-order valence-corrected chi connectivity index (χ1v) is 3.73. The molecule has 0 fully saturated rings. The van der Waals surface area contributed by atoms with Gasteiger partial charge in [-0.25, -0.2) is 0 Å². The molecule has 9 heavy (non-hydrogen) atoms. The molecule has 0 spiro atoms. The maximum absolute atomic E-state index is 4.57. The summed E-state index contributed by atoms with van der Waals surface area (Å²) >= 11 is 4.57. The van der Waals surface area contributed by atoms with E-state index in [4.69, 9.17) is 0 Å². The Morgan fingerprint density at radius 2 is 1.89 bits per heavy atom. The second-order valence-electron chi connectivity index (χ2n) is 2.49. The van der Waals surface area contributed by atoms with E-state index in [1.165, 1.54) is 0 Å². The lowest BCUT2D eigenvalue weighted by atomic mass is 9.96. The van der Waals surface area contributed by atoms with Gasteiger partial charge in [-0.3, -0.25) is 0 Å². The third kappa shape index (κ3) is 2.80. The molecule has 0 aromatic rings. The molecule has 0 aliphatic rings. The molecule has 0 rings (SSSR count). The topological polar surface area (TPSA) is 12.0 Å². The van der Waals surface area contributed by atoms with Crippen molar-refractivity contribution in [2.45, 2.75) is 39.2 Å². The zero-order valence-electron chi connectivity index (χ0n) is 6.32. The van der Waals surface area contributed by atoms with E-state index in [2.05, 4.69) is 43.8 Å². The zero-order chi connectivity index (χ0) is 7.33. The fourth-order valence-corrected chi connectivity index (χ4v) is 0.796. The Morgan fingerprint density at radius 1 is 1.44 bits per heavy atom. The summed E-state index contributed by atoms with van der Waals surface area (Å²) in [6.45, 7) is 6.43. The summed E-state index contributed by atoms with van der Waals surface area (Å²) in [5.74, 6) is 0. The fourth-order valence-electron chi connectivity index (χ4n) is 0.550. The highest BCUT2D eigenvalue weighted by Crippen LogP contribution is 2.11. The van der Waals surface area contributed by atoms with Crippen LogP contribution in [-0.4, -0.2) is 11.0 Å². The van der Waals surface area contributed by atoms with Crippen LogP contribution in [-0.2, 0) is 0 Å². The molecular formula is C7H14NS. The van der Waals surface area contributed by atoms with Gasteiger partial charge < -0.3 is 5.32 Å². The minimum atomic E-state index is 0.168. The maximum Gasteiger partial charge on any atom is 0.134 e. The van der Waals surface area contributed by atoms with Gasteiger partial charge in [-0.05, 0) is 19.8 Å². The predicted octanol–water partition coefficient (Wildman–Crippen LogP) is 1.99. The predicted molar refractivity (Wildman–Crippen MR) is 44.7 cm³/mol. The molecule has 0 aromatic heterocycles. The van der Waals surface area contributed by atoms with E-state index in [1.54, 1.807) is 0 Å². The van der Waals surface area contributed by atoms with E-state index in [0.29, 0.717) is 0 Å². The van der Waals surface area contributed by atoms with Gasteiger partial charge >= 0.3 is 0 Å². The Hall–Kier alpha value is -0.110. The minimum absolute atomic E-state index is 0.168. The van der Waals surface area contributed by atoms with Crippen molar-refractivity contribution >= 4 is 17.7 Å². The molecular weight excluding hydrogens is 130 g/mol. The number of hydrogen-bond acceptors (Lipinski definition) is 1. The summed E-state index contributed by atoms with van der Waals surface area (Å²) in [6.07, 6.45) is 2.18. The minimum Gasteiger partial charge on any atom is -0.369 e. The van der Waals surface area contributed by atoms with E-state index >= 15 is 0 Å². The average molecular weight is 144 g/mol. The normalized spacial score (nSPS) is 11.0. The van der Waals surface area contributed by atoms with Crippen LogP contribution < -0.4 is 5.32 Å². The molecule has 0 aliphatic heterocycles.